The first-order chi connectivity index (χ1) is 7.81. The number of hydrogen-bond donors (Lipinski definition) is 1. The number of halogens is 1. The Morgan fingerprint density at radius 3 is 2.24 bits per heavy atom. The highest BCUT2D eigenvalue weighted by atomic mass is 79.9. The largest absolute Gasteiger partial charge is 0.347 e. The van der Waals surface area contributed by atoms with E-state index in [0.717, 1.165) is 10.0 Å². The molecule has 0 saturated heterocycles. The lowest BCUT2D eigenvalue weighted by Gasteiger charge is -2.26. The molecule has 17 heavy (non-hydrogen) atoms. The lowest BCUT2D eigenvalue weighted by atomic mass is 9.94. The molecule has 92 valence electrons. The quantitative estimate of drug-likeness (QED) is 0.869. The summed E-state index contributed by atoms with van der Waals surface area (Å²) in [6.07, 6.45) is -0.0695. The first kappa shape index (κ1) is 13.9. The zero-order valence-corrected chi connectivity index (χ0v) is 11.8. The number of benzene rings is 1. The average molecular weight is 298 g/mol. The van der Waals surface area contributed by atoms with Gasteiger partial charge in [-0.1, -0.05) is 28.1 Å². The van der Waals surface area contributed by atoms with E-state index in [1.54, 1.807) is 0 Å². The van der Waals surface area contributed by atoms with Crippen LogP contribution < -0.4 is 5.32 Å². The Hall–Kier alpha value is -1.16. The molecule has 1 aromatic carbocycles. The molecule has 0 atom stereocenters. The normalized spacial score (nSPS) is 11.1. The zero-order chi connectivity index (χ0) is 13.1. The van der Waals surface area contributed by atoms with Crippen LogP contribution in [0.1, 0.15) is 32.8 Å². The summed E-state index contributed by atoms with van der Waals surface area (Å²) in [5.41, 5.74) is 0.519. The van der Waals surface area contributed by atoms with Crippen LogP contribution in [0, 0.1) is 0 Å². The van der Waals surface area contributed by atoms with Gasteiger partial charge in [-0.05, 0) is 38.5 Å². The van der Waals surface area contributed by atoms with Crippen molar-refractivity contribution in [3.8, 4) is 0 Å². The van der Waals surface area contributed by atoms with Crippen molar-refractivity contribution in [1.82, 2.24) is 5.32 Å². The molecule has 0 heterocycles. The lowest BCUT2D eigenvalue weighted by molar-refractivity contribution is -0.128. The van der Waals surface area contributed by atoms with Gasteiger partial charge in [-0.15, -0.1) is 0 Å². The Bertz CT molecular complexity index is 424. The molecule has 0 aliphatic rings. The van der Waals surface area contributed by atoms with E-state index in [0.29, 0.717) is 0 Å². The van der Waals surface area contributed by atoms with Crippen LogP contribution in [0.4, 0.5) is 0 Å². The van der Waals surface area contributed by atoms with Crippen LogP contribution in [0.5, 0.6) is 0 Å². The molecule has 0 unspecified atom stereocenters. The van der Waals surface area contributed by atoms with E-state index in [2.05, 4.69) is 21.2 Å². The molecule has 0 saturated carbocycles. The third-order valence-corrected chi connectivity index (χ3v) is 2.96. The fourth-order valence-corrected chi connectivity index (χ4v) is 1.82. The fourth-order valence-electron chi connectivity index (χ4n) is 1.56. The zero-order valence-electron chi connectivity index (χ0n) is 10.2. The van der Waals surface area contributed by atoms with Gasteiger partial charge >= 0.3 is 0 Å². The summed E-state index contributed by atoms with van der Waals surface area (Å²) in [6, 6.07) is 7.73. The lowest BCUT2D eigenvalue weighted by Crippen LogP contribution is -2.41. The highest BCUT2D eigenvalue weighted by Gasteiger charge is 2.22. The summed E-state index contributed by atoms with van der Waals surface area (Å²) < 4.78 is 0.993. The van der Waals surface area contributed by atoms with E-state index in [4.69, 9.17) is 0 Å². The van der Waals surface area contributed by atoms with Crippen molar-refractivity contribution < 1.29 is 9.59 Å². The number of ketones is 1. The average Bonchev–Trinajstić information content (AvgIpc) is 2.15. The Morgan fingerprint density at radius 2 is 1.76 bits per heavy atom. The van der Waals surface area contributed by atoms with Crippen LogP contribution in [-0.4, -0.2) is 11.7 Å². The number of nitrogens with one attached hydrogen (secondary N) is 1. The molecular formula is C13H16BrNO2. The number of carbonyl (C=O) groups is 2. The van der Waals surface area contributed by atoms with Crippen LogP contribution in [0.2, 0.25) is 0 Å². The molecule has 1 rings (SSSR count). The maximum absolute atomic E-state index is 11.6. The second kappa shape index (κ2) is 5.45. The van der Waals surface area contributed by atoms with E-state index in [1.165, 1.54) is 6.92 Å². The molecule has 3 nitrogen and oxygen atoms in total. The van der Waals surface area contributed by atoms with E-state index in [-0.39, 0.29) is 18.1 Å². The summed E-state index contributed by atoms with van der Waals surface area (Å²) in [5, 5.41) is 2.85. The summed E-state index contributed by atoms with van der Waals surface area (Å²) in [7, 11) is 0. The minimum absolute atomic E-state index is 0.0695. The molecular weight excluding hydrogens is 282 g/mol. The van der Waals surface area contributed by atoms with Crippen LogP contribution in [0.25, 0.3) is 0 Å². The molecule has 0 aromatic heterocycles. The first-order valence-electron chi connectivity index (χ1n) is 5.38. The molecule has 0 bridgehead atoms. The Kier molecular flexibility index (Phi) is 4.46. The van der Waals surface area contributed by atoms with Gasteiger partial charge in [-0.3, -0.25) is 9.59 Å². The Labute approximate surface area is 110 Å². The minimum atomic E-state index is -0.479. The monoisotopic (exact) mass is 297 g/mol. The van der Waals surface area contributed by atoms with Gasteiger partial charge in [-0.25, -0.2) is 0 Å². The van der Waals surface area contributed by atoms with E-state index in [1.807, 2.05) is 38.1 Å². The fraction of sp³-hybridized carbons (Fsp3) is 0.385. The van der Waals surface area contributed by atoms with Gasteiger partial charge in [0.15, 0.2) is 0 Å². The third-order valence-electron chi connectivity index (χ3n) is 2.43. The predicted molar refractivity (Wildman–Crippen MR) is 70.6 cm³/mol. The maximum Gasteiger partial charge on any atom is 0.228 e. The summed E-state index contributed by atoms with van der Waals surface area (Å²) in [5.74, 6) is -0.375. The highest BCUT2D eigenvalue weighted by molar-refractivity contribution is 9.10. The van der Waals surface area contributed by atoms with Gasteiger partial charge in [0.2, 0.25) is 5.91 Å². The topological polar surface area (TPSA) is 46.2 Å². The number of carbonyl (C=O) groups excluding carboxylic acids is 2. The second-order valence-corrected chi connectivity index (χ2v) is 5.47. The van der Waals surface area contributed by atoms with Gasteiger partial charge in [-0.2, -0.15) is 0 Å². The number of hydrogen-bond acceptors (Lipinski definition) is 2. The molecule has 0 aliphatic carbocycles. The molecule has 1 amide bonds. The van der Waals surface area contributed by atoms with Crippen molar-refractivity contribution in [3.05, 3.63) is 34.3 Å². The Balaban J connectivity index is 2.77. The van der Waals surface area contributed by atoms with Crippen molar-refractivity contribution in [2.45, 2.75) is 32.7 Å². The molecule has 1 aromatic rings. The van der Waals surface area contributed by atoms with Crippen LogP contribution in [0.3, 0.4) is 0 Å². The minimum Gasteiger partial charge on any atom is -0.347 e. The van der Waals surface area contributed by atoms with E-state index >= 15 is 0 Å². The second-order valence-electron chi connectivity index (χ2n) is 4.56. The summed E-state index contributed by atoms with van der Waals surface area (Å²) >= 11 is 3.36. The van der Waals surface area contributed by atoms with Crippen molar-refractivity contribution in [1.29, 1.82) is 0 Å². The van der Waals surface area contributed by atoms with Crippen molar-refractivity contribution >= 4 is 27.6 Å². The molecule has 0 spiro atoms. The molecule has 0 fully saturated rings. The number of amides is 1. The van der Waals surface area contributed by atoms with Gasteiger partial charge in [0.05, 0.1) is 12.0 Å². The number of rotatable bonds is 4. The molecule has 1 N–H and O–H groups in total. The maximum atomic E-state index is 11.6. The molecule has 0 aliphatic heterocycles. The van der Waals surface area contributed by atoms with Crippen molar-refractivity contribution in [2.24, 2.45) is 0 Å². The third kappa shape index (κ3) is 4.30. The first-order valence-corrected chi connectivity index (χ1v) is 6.17. The Morgan fingerprint density at radius 1 is 1.24 bits per heavy atom. The van der Waals surface area contributed by atoms with Gasteiger partial charge in [0, 0.05) is 4.47 Å². The van der Waals surface area contributed by atoms with E-state index in [9.17, 15) is 9.59 Å². The summed E-state index contributed by atoms with van der Waals surface area (Å²) in [4.78, 5) is 22.4. The van der Waals surface area contributed by atoms with Gasteiger partial charge < -0.3 is 5.32 Å². The standard InChI is InChI=1S/C13H16BrNO2/c1-9(16)8-12(17)15-13(2,3)10-4-6-11(14)7-5-10/h4-7H,8H2,1-3H3,(H,15,17). The van der Waals surface area contributed by atoms with Gasteiger partial charge in [0.1, 0.15) is 5.78 Å². The van der Waals surface area contributed by atoms with Crippen LogP contribution in [-0.2, 0) is 15.1 Å². The van der Waals surface area contributed by atoms with Crippen molar-refractivity contribution in [2.75, 3.05) is 0 Å². The smallest absolute Gasteiger partial charge is 0.228 e. The van der Waals surface area contributed by atoms with Crippen molar-refractivity contribution in [3.63, 3.8) is 0 Å². The SMILES string of the molecule is CC(=O)CC(=O)NC(C)(C)c1ccc(Br)cc1. The highest BCUT2D eigenvalue weighted by Crippen LogP contribution is 2.22. The van der Waals surface area contributed by atoms with Gasteiger partial charge in [0.25, 0.3) is 0 Å². The van der Waals surface area contributed by atoms with Crippen LogP contribution >= 0.6 is 15.9 Å². The summed E-state index contributed by atoms with van der Waals surface area (Å²) in [6.45, 7) is 5.23. The molecule has 0 radical (unpaired) electrons. The van der Waals surface area contributed by atoms with E-state index < -0.39 is 5.54 Å². The molecule has 4 heteroatoms. The predicted octanol–water partition coefficient (Wildman–Crippen LogP) is 2.78. The number of Topliss-reactive ketones (excluding diaryl/α,β-unsaturated/α-hetero) is 1. The van der Waals surface area contributed by atoms with Crippen LogP contribution in [0.15, 0.2) is 28.7 Å².